The number of carbonyl (C=O) groups excluding carboxylic acids is 1. The van der Waals surface area contributed by atoms with Crippen LogP contribution in [-0.2, 0) is 17.6 Å². The van der Waals surface area contributed by atoms with Gasteiger partial charge in [0.15, 0.2) is 17.5 Å². The Hall–Kier alpha value is -3.09. The Morgan fingerprint density at radius 1 is 1.28 bits per heavy atom. The number of anilines is 1. The summed E-state index contributed by atoms with van der Waals surface area (Å²) in [5, 5.41) is 2.75. The first-order valence-electron chi connectivity index (χ1n) is 9.62. The van der Waals surface area contributed by atoms with E-state index in [4.69, 9.17) is 10.7 Å². The van der Waals surface area contributed by atoms with Crippen molar-refractivity contribution < 1.29 is 13.6 Å². The van der Waals surface area contributed by atoms with Crippen LogP contribution in [0.4, 0.5) is 14.6 Å². The fourth-order valence-corrected chi connectivity index (χ4v) is 3.35. The molecule has 0 bridgehead atoms. The minimum atomic E-state index is -0.976. The van der Waals surface area contributed by atoms with Gasteiger partial charge in [0.05, 0.1) is 24.0 Å². The van der Waals surface area contributed by atoms with Crippen molar-refractivity contribution >= 4 is 11.7 Å². The Balaban J connectivity index is 1.77. The summed E-state index contributed by atoms with van der Waals surface area (Å²) in [6, 6.07) is 3.41. The number of aryl methyl sites for hydroxylation is 1. The highest BCUT2D eigenvalue weighted by atomic mass is 19.2. The number of allylic oxidation sites excluding steroid dienone is 3. The number of hydrogen-bond acceptors (Lipinski definition) is 4. The topological polar surface area (TPSA) is 80.9 Å². The van der Waals surface area contributed by atoms with Gasteiger partial charge in [-0.3, -0.25) is 9.78 Å². The third-order valence-electron chi connectivity index (χ3n) is 4.82. The summed E-state index contributed by atoms with van der Waals surface area (Å²) in [5.74, 6) is -1.63. The molecule has 1 aromatic heterocycles. The van der Waals surface area contributed by atoms with Crippen molar-refractivity contribution in [1.82, 2.24) is 9.97 Å². The Morgan fingerprint density at radius 3 is 2.76 bits per heavy atom. The van der Waals surface area contributed by atoms with Crippen molar-refractivity contribution in [3.05, 3.63) is 76.9 Å². The van der Waals surface area contributed by atoms with Crippen LogP contribution in [0.15, 0.2) is 48.3 Å². The third-order valence-corrected chi connectivity index (χ3v) is 4.82. The van der Waals surface area contributed by atoms with Crippen molar-refractivity contribution in [2.45, 2.75) is 39.0 Å². The van der Waals surface area contributed by atoms with Gasteiger partial charge in [0.2, 0.25) is 5.91 Å². The Morgan fingerprint density at radius 2 is 2.07 bits per heavy atom. The van der Waals surface area contributed by atoms with Crippen molar-refractivity contribution in [1.29, 1.82) is 0 Å². The molecule has 3 rings (SSSR count). The van der Waals surface area contributed by atoms with Gasteiger partial charge >= 0.3 is 0 Å². The molecule has 0 spiro atoms. The molecule has 5 nitrogen and oxygen atoms in total. The van der Waals surface area contributed by atoms with Crippen LogP contribution >= 0.6 is 0 Å². The van der Waals surface area contributed by atoms with E-state index in [1.165, 1.54) is 6.07 Å². The van der Waals surface area contributed by atoms with Crippen molar-refractivity contribution in [2.75, 3.05) is 5.32 Å². The van der Waals surface area contributed by atoms with Gasteiger partial charge in [0.1, 0.15) is 0 Å². The van der Waals surface area contributed by atoms with Crippen LogP contribution < -0.4 is 11.1 Å². The van der Waals surface area contributed by atoms with Crippen LogP contribution in [0.1, 0.15) is 43.1 Å². The summed E-state index contributed by atoms with van der Waals surface area (Å²) < 4.78 is 26.4. The predicted molar refractivity (Wildman–Crippen MR) is 108 cm³/mol. The molecule has 0 saturated heterocycles. The fraction of sp³-hybridized carbons (Fsp3) is 0.318. The second-order valence-corrected chi connectivity index (χ2v) is 7.22. The van der Waals surface area contributed by atoms with Crippen LogP contribution in [0, 0.1) is 17.6 Å². The first-order valence-corrected chi connectivity index (χ1v) is 9.62. The number of amides is 1. The lowest BCUT2D eigenvalue weighted by molar-refractivity contribution is -0.115. The van der Waals surface area contributed by atoms with Crippen LogP contribution in [0.3, 0.4) is 0 Å². The summed E-state index contributed by atoms with van der Waals surface area (Å²) in [5.41, 5.74) is 8.49. The number of aromatic nitrogens is 2. The summed E-state index contributed by atoms with van der Waals surface area (Å²) in [4.78, 5) is 21.5. The van der Waals surface area contributed by atoms with Crippen molar-refractivity contribution in [3.63, 3.8) is 0 Å². The van der Waals surface area contributed by atoms with E-state index in [1.807, 2.05) is 25.2 Å². The second-order valence-electron chi connectivity index (χ2n) is 7.22. The highest BCUT2D eigenvalue weighted by Crippen LogP contribution is 2.30. The first-order chi connectivity index (χ1) is 13.9. The first kappa shape index (κ1) is 20.6. The molecular formula is C22H24F2N4O. The number of nitrogens with one attached hydrogen (secondary N) is 1. The molecule has 2 aromatic rings. The SMILES string of the molecule is CCCc1nc(C2C=CC(N)=CC2C)cnc1NC(=O)Cc1ccc(F)c(F)c1. The van der Waals surface area contributed by atoms with Gasteiger partial charge in [-0.15, -0.1) is 0 Å². The number of benzene rings is 1. The molecule has 29 heavy (non-hydrogen) atoms. The predicted octanol–water partition coefficient (Wildman–Crippen LogP) is 4.02. The number of hydrogen-bond donors (Lipinski definition) is 2. The largest absolute Gasteiger partial charge is 0.399 e. The second kappa shape index (κ2) is 8.94. The highest BCUT2D eigenvalue weighted by Gasteiger charge is 2.21. The zero-order valence-corrected chi connectivity index (χ0v) is 16.5. The lowest BCUT2D eigenvalue weighted by Crippen LogP contribution is -2.19. The van der Waals surface area contributed by atoms with Crippen LogP contribution in [-0.4, -0.2) is 15.9 Å². The number of halogens is 2. The van der Waals surface area contributed by atoms with Crippen LogP contribution in [0.25, 0.3) is 0 Å². The summed E-state index contributed by atoms with van der Waals surface area (Å²) in [7, 11) is 0. The summed E-state index contributed by atoms with van der Waals surface area (Å²) >= 11 is 0. The van der Waals surface area contributed by atoms with Gasteiger partial charge in [-0.2, -0.15) is 0 Å². The maximum absolute atomic E-state index is 13.4. The zero-order valence-electron chi connectivity index (χ0n) is 16.5. The molecule has 0 saturated carbocycles. The molecular weight excluding hydrogens is 374 g/mol. The highest BCUT2D eigenvalue weighted by molar-refractivity contribution is 5.91. The van der Waals surface area contributed by atoms with Gasteiger partial charge in [-0.1, -0.05) is 38.5 Å². The maximum Gasteiger partial charge on any atom is 0.229 e. The standard InChI is InChI=1S/C22H24F2N4O/c1-3-4-19-22(28-21(29)11-14-5-8-17(23)18(24)10-14)26-12-20(27-19)16-7-6-15(25)9-13(16)2/h5-10,12-13,16H,3-4,11,25H2,1-2H3,(H,26,28,29). The molecule has 152 valence electrons. The minimum Gasteiger partial charge on any atom is -0.399 e. The molecule has 1 aliphatic rings. The van der Waals surface area contributed by atoms with Gasteiger partial charge in [-0.05, 0) is 36.1 Å². The van der Waals surface area contributed by atoms with E-state index in [2.05, 4.69) is 17.2 Å². The average molecular weight is 398 g/mol. The van der Waals surface area contributed by atoms with Gasteiger partial charge in [0.25, 0.3) is 0 Å². The minimum absolute atomic E-state index is 0.0670. The molecule has 3 N–H and O–H groups in total. The number of carbonyl (C=O) groups is 1. The van der Waals surface area contributed by atoms with Crippen molar-refractivity contribution in [3.8, 4) is 0 Å². The molecule has 1 heterocycles. The van der Waals surface area contributed by atoms with Crippen LogP contribution in [0.2, 0.25) is 0 Å². The molecule has 0 radical (unpaired) electrons. The van der Waals surface area contributed by atoms with E-state index in [9.17, 15) is 13.6 Å². The Kier molecular flexibility index (Phi) is 6.36. The number of rotatable bonds is 6. The lowest BCUT2D eigenvalue weighted by atomic mass is 9.86. The lowest BCUT2D eigenvalue weighted by Gasteiger charge is -2.22. The molecule has 7 heteroatoms. The number of nitrogens with zero attached hydrogens (tertiary/aromatic N) is 2. The Labute approximate surface area is 168 Å². The van der Waals surface area contributed by atoms with Gasteiger partial charge in [-0.25, -0.2) is 13.8 Å². The maximum atomic E-state index is 13.4. The average Bonchev–Trinajstić information content (AvgIpc) is 2.66. The molecule has 2 unspecified atom stereocenters. The quantitative estimate of drug-likeness (QED) is 0.770. The number of nitrogens with two attached hydrogens (primary N) is 1. The van der Waals surface area contributed by atoms with Crippen LogP contribution in [0.5, 0.6) is 0 Å². The smallest absolute Gasteiger partial charge is 0.229 e. The van der Waals surface area contributed by atoms with E-state index >= 15 is 0 Å². The molecule has 0 aliphatic heterocycles. The molecule has 1 aliphatic carbocycles. The zero-order chi connectivity index (χ0) is 21.0. The van der Waals surface area contributed by atoms with Crippen molar-refractivity contribution in [2.24, 2.45) is 11.7 Å². The summed E-state index contributed by atoms with van der Waals surface area (Å²) in [6.45, 7) is 4.09. The van der Waals surface area contributed by atoms with E-state index in [0.717, 1.165) is 29.9 Å². The fourth-order valence-electron chi connectivity index (χ4n) is 3.35. The monoisotopic (exact) mass is 398 g/mol. The summed E-state index contributed by atoms with van der Waals surface area (Å²) in [6.07, 6.45) is 8.94. The van der Waals surface area contributed by atoms with E-state index in [0.29, 0.717) is 23.5 Å². The third kappa shape index (κ3) is 5.04. The van der Waals surface area contributed by atoms with Gasteiger partial charge in [0, 0.05) is 11.6 Å². The molecule has 2 atom stereocenters. The molecule has 0 fully saturated rings. The van der Waals surface area contributed by atoms with Gasteiger partial charge < -0.3 is 11.1 Å². The Bertz CT molecular complexity index is 971. The molecule has 1 aromatic carbocycles. The molecule has 1 amide bonds. The van der Waals surface area contributed by atoms with E-state index < -0.39 is 11.6 Å². The van der Waals surface area contributed by atoms with E-state index in [-0.39, 0.29) is 24.2 Å². The normalized spacial score (nSPS) is 18.4. The van der Waals surface area contributed by atoms with E-state index in [1.54, 1.807) is 6.20 Å².